The summed E-state index contributed by atoms with van der Waals surface area (Å²) in [5.74, 6) is 5.85. The van der Waals surface area contributed by atoms with Crippen molar-refractivity contribution in [2.75, 3.05) is 49.1 Å². The van der Waals surface area contributed by atoms with E-state index in [4.69, 9.17) is 16.3 Å². The molecule has 5 N–H and O–H groups in total. The number of morpholine rings is 1. The first-order valence-electron chi connectivity index (χ1n) is 6.06. The molecule has 2 heterocycles. The predicted octanol–water partition coefficient (Wildman–Crippen LogP) is -2.09. The van der Waals surface area contributed by atoms with Crippen LogP contribution in [0.25, 0.3) is 0 Å². The first kappa shape index (κ1) is 14.2. The maximum Gasteiger partial charge on any atom is 0.243 e. The molecule has 0 aromatic carbocycles. The van der Waals surface area contributed by atoms with Crippen LogP contribution >= 0.6 is 0 Å². The molecule has 0 bridgehead atoms. The number of rotatable bonds is 4. The Hall–Kier alpha value is -2.20. The molecule has 10 nitrogen and oxygen atoms in total. The molecule has 20 heavy (non-hydrogen) atoms. The number of amides is 1. The smallest absolute Gasteiger partial charge is 0.243 e. The Bertz CT molecular complexity index is 494. The summed E-state index contributed by atoms with van der Waals surface area (Å²) >= 11 is 0. The van der Waals surface area contributed by atoms with Gasteiger partial charge in [-0.25, -0.2) is 5.84 Å². The van der Waals surface area contributed by atoms with E-state index in [2.05, 4.69) is 20.4 Å². The average molecular weight is 282 g/mol. The second kappa shape index (κ2) is 5.84. The highest BCUT2D eigenvalue weighted by molar-refractivity contribution is 5.83. The molecule has 1 aliphatic rings. The van der Waals surface area contributed by atoms with Crippen molar-refractivity contribution in [3.8, 4) is 0 Å². The molecule has 10 heteroatoms. The largest absolute Gasteiger partial charge is 0.377 e. The summed E-state index contributed by atoms with van der Waals surface area (Å²) < 4.78 is 5.26. The Kier molecular flexibility index (Phi) is 4.15. The van der Waals surface area contributed by atoms with Gasteiger partial charge < -0.3 is 20.3 Å². The average Bonchev–Trinajstić information content (AvgIpc) is 2.46. The van der Waals surface area contributed by atoms with Gasteiger partial charge in [-0.05, 0) is 0 Å². The number of carbonyl (C=O) groups excluding carboxylic acids is 1. The van der Waals surface area contributed by atoms with Crippen molar-refractivity contribution >= 4 is 23.8 Å². The van der Waals surface area contributed by atoms with Crippen molar-refractivity contribution < 1.29 is 9.53 Å². The Labute approximate surface area is 116 Å². The summed E-state index contributed by atoms with van der Waals surface area (Å²) in [5.41, 5.74) is 7.76. The third kappa shape index (κ3) is 2.86. The van der Waals surface area contributed by atoms with Crippen LogP contribution in [-0.4, -0.2) is 60.8 Å². The topological polar surface area (TPSA) is 136 Å². The minimum atomic E-state index is -0.605. The van der Waals surface area contributed by atoms with Gasteiger partial charge in [0.2, 0.25) is 23.8 Å². The zero-order valence-corrected chi connectivity index (χ0v) is 11.4. The molecule has 1 atom stereocenters. The number of carbonyl (C=O) groups is 1. The molecule has 1 aromatic heterocycles. The molecular formula is C10H18N8O2. The number of nitrogens with zero attached hydrogens (tertiary/aromatic N) is 5. The van der Waals surface area contributed by atoms with E-state index in [1.54, 1.807) is 23.9 Å². The number of aromatic nitrogens is 3. The first-order valence-corrected chi connectivity index (χ1v) is 6.06. The summed E-state index contributed by atoms with van der Waals surface area (Å²) in [4.78, 5) is 27.5. The number of nitrogens with one attached hydrogen (secondary N) is 1. The summed E-state index contributed by atoms with van der Waals surface area (Å²) in [6, 6.07) is -0.605. The quantitative estimate of drug-likeness (QED) is 0.419. The first-order chi connectivity index (χ1) is 9.52. The van der Waals surface area contributed by atoms with Gasteiger partial charge in [-0.3, -0.25) is 10.2 Å². The Morgan fingerprint density at radius 1 is 1.45 bits per heavy atom. The van der Waals surface area contributed by atoms with Gasteiger partial charge in [-0.1, -0.05) is 0 Å². The fourth-order valence-electron chi connectivity index (χ4n) is 1.83. The molecule has 0 radical (unpaired) electrons. The van der Waals surface area contributed by atoms with E-state index in [1.807, 2.05) is 0 Å². The maximum absolute atomic E-state index is 11.5. The van der Waals surface area contributed by atoms with Gasteiger partial charge in [0, 0.05) is 20.6 Å². The van der Waals surface area contributed by atoms with Crippen molar-refractivity contribution in [2.24, 2.45) is 11.6 Å². The van der Waals surface area contributed by atoms with Crippen molar-refractivity contribution in [1.29, 1.82) is 0 Å². The molecule has 0 spiro atoms. The lowest BCUT2D eigenvalue weighted by atomic mass is 10.2. The van der Waals surface area contributed by atoms with Gasteiger partial charge >= 0.3 is 0 Å². The van der Waals surface area contributed by atoms with Crippen LogP contribution in [0.3, 0.4) is 0 Å². The molecule has 0 aliphatic carbocycles. The summed E-state index contributed by atoms with van der Waals surface area (Å²) in [7, 11) is 3.59. The number of hydrogen-bond donors (Lipinski definition) is 3. The molecule has 1 saturated heterocycles. The molecule has 1 amide bonds. The third-order valence-electron chi connectivity index (χ3n) is 2.85. The van der Waals surface area contributed by atoms with Gasteiger partial charge in [-0.2, -0.15) is 15.0 Å². The fourth-order valence-corrected chi connectivity index (χ4v) is 1.83. The minimum absolute atomic E-state index is 0.212. The van der Waals surface area contributed by atoms with Crippen LogP contribution in [0.1, 0.15) is 0 Å². The van der Waals surface area contributed by atoms with Gasteiger partial charge in [-0.15, -0.1) is 0 Å². The normalized spacial score (nSPS) is 18.8. The van der Waals surface area contributed by atoms with Crippen LogP contribution in [0.4, 0.5) is 17.8 Å². The summed E-state index contributed by atoms with van der Waals surface area (Å²) in [5, 5.41) is 0. The molecule has 0 saturated carbocycles. The number of nitrogen functional groups attached to an aromatic ring is 1. The number of nitrogens with two attached hydrogens (primary N) is 2. The lowest BCUT2D eigenvalue weighted by Crippen LogP contribution is -2.53. The van der Waals surface area contributed by atoms with Crippen LogP contribution < -0.4 is 26.8 Å². The van der Waals surface area contributed by atoms with E-state index < -0.39 is 11.9 Å². The van der Waals surface area contributed by atoms with E-state index in [9.17, 15) is 4.79 Å². The van der Waals surface area contributed by atoms with E-state index in [0.29, 0.717) is 25.0 Å². The summed E-state index contributed by atoms with van der Waals surface area (Å²) in [6.45, 7) is 1.15. The van der Waals surface area contributed by atoms with Crippen LogP contribution in [-0.2, 0) is 9.53 Å². The van der Waals surface area contributed by atoms with Crippen LogP contribution in [0.5, 0.6) is 0 Å². The summed E-state index contributed by atoms with van der Waals surface area (Å²) in [6.07, 6.45) is 0. The third-order valence-corrected chi connectivity index (χ3v) is 2.85. The standard InChI is InChI=1S/C10H18N8O2/c1-17(2)9-13-8(16-12)14-10(15-9)18-3-4-20-5-6(18)7(11)19/h6H,3-5,12H2,1-2H3,(H2,11,19)(H,13,14,15,16). The van der Waals surface area contributed by atoms with E-state index in [-0.39, 0.29) is 12.6 Å². The van der Waals surface area contributed by atoms with Crippen molar-refractivity contribution in [3.63, 3.8) is 0 Å². The number of anilines is 3. The van der Waals surface area contributed by atoms with Gasteiger partial charge in [0.15, 0.2) is 0 Å². The number of hydrazine groups is 1. The van der Waals surface area contributed by atoms with E-state index in [1.165, 1.54) is 0 Å². The van der Waals surface area contributed by atoms with Crippen LogP contribution in [0, 0.1) is 0 Å². The van der Waals surface area contributed by atoms with Gasteiger partial charge in [0.1, 0.15) is 6.04 Å². The molecule has 110 valence electrons. The number of ether oxygens (including phenoxy) is 1. The van der Waals surface area contributed by atoms with Gasteiger partial charge in [0.05, 0.1) is 13.2 Å². The molecule has 2 rings (SSSR count). The maximum atomic E-state index is 11.5. The van der Waals surface area contributed by atoms with Crippen LogP contribution in [0.2, 0.25) is 0 Å². The lowest BCUT2D eigenvalue weighted by Gasteiger charge is -2.33. The Balaban J connectivity index is 2.38. The highest BCUT2D eigenvalue weighted by atomic mass is 16.5. The monoisotopic (exact) mass is 282 g/mol. The molecule has 1 unspecified atom stereocenters. The van der Waals surface area contributed by atoms with Crippen molar-refractivity contribution in [1.82, 2.24) is 15.0 Å². The number of hydrogen-bond acceptors (Lipinski definition) is 9. The molecular weight excluding hydrogens is 264 g/mol. The van der Waals surface area contributed by atoms with E-state index >= 15 is 0 Å². The predicted molar refractivity (Wildman–Crippen MR) is 73.1 cm³/mol. The van der Waals surface area contributed by atoms with Crippen molar-refractivity contribution in [2.45, 2.75) is 6.04 Å². The zero-order chi connectivity index (χ0) is 14.7. The van der Waals surface area contributed by atoms with Gasteiger partial charge in [0.25, 0.3) is 0 Å². The highest BCUT2D eigenvalue weighted by Crippen LogP contribution is 2.19. The van der Waals surface area contributed by atoms with Crippen LogP contribution in [0.15, 0.2) is 0 Å². The molecule has 1 aromatic rings. The Morgan fingerprint density at radius 3 is 2.80 bits per heavy atom. The molecule has 1 fully saturated rings. The number of primary amides is 1. The minimum Gasteiger partial charge on any atom is -0.377 e. The Morgan fingerprint density at radius 2 is 2.20 bits per heavy atom. The fraction of sp³-hybridized carbons (Fsp3) is 0.600. The highest BCUT2D eigenvalue weighted by Gasteiger charge is 2.30. The second-order valence-electron chi connectivity index (χ2n) is 4.48. The lowest BCUT2D eigenvalue weighted by molar-refractivity contribution is -0.121. The van der Waals surface area contributed by atoms with E-state index in [0.717, 1.165) is 0 Å². The molecule has 1 aliphatic heterocycles. The second-order valence-corrected chi connectivity index (χ2v) is 4.48. The SMILES string of the molecule is CN(C)c1nc(NN)nc(N2CCOCC2C(N)=O)n1. The van der Waals surface area contributed by atoms with Crippen molar-refractivity contribution in [3.05, 3.63) is 0 Å². The zero-order valence-electron chi connectivity index (χ0n) is 11.4.